The van der Waals surface area contributed by atoms with Gasteiger partial charge in [-0.25, -0.2) is 0 Å². The van der Waals surface area contributed by atoms with E-state index in [1.165, 1.54) is 13.8 Å². The molecule has 0 aliphatic carbocycles. The van der Waals surface area contributed by atoms with Gasteiger partial charge in [0, 0.05) is 33.6 Å². The van der Waals surface area contributed by atoms with Gasteiger partial charge in [-0.2, -0.15) is 0 Å². The zero-order valence-corrected chi connectivity index (χ0v) is 70.0. The molecule has 10 saturated heterocycles. The highest BCUT2D eigenvalue weighted by molar-refractivity contribution is 5.74. The molecule has 56 nitrogen and oxygen atoms in total. The van der Waals surface area contributed by atoms with Crippen LogP contribution >= 0.6 is 0 Å². The highest BCUT2D eigenvalue weighted by atomic mass is 16.9. The van der Waals surface area contributed by atoms with Gasteiger partial charge in [-0.1, -0.05) is 6.92 Å². The average molecular weight is 1890 g/mol. The maximum atomic E-state index is 13.2. The average Bonchev–Trinajstić information content (AvgIpc) is 0.759. The second kappa shape index (κ2) is 46.6. The first-order valence-electron chi connectivity index (χ1n) is 41.4. The van der Waals surface area contributed by atoms with Crippen LogP contribution in [-0.2, 0) is 119 Å². The summed E-state index contributed by atoms with van der Waals surface area (Å²) in [7, 11) is 0. The van der Waals surface area contributed by atoms with Gasteiger partial charge in [0.15, 0.2) is 50.3 Å². The van der Waals surface area contributed by atoms with Crippen LogP contribution in [0.2, 0.25) is 0 Å². The summed E-state index contributed by atoms with van der Waals surface area (Å²) in [4.78, 5) is 63.8. The molecule has 10 heterocycles. The van der Waals surface area contributed by atoms with E-state index in [0.29, 0.717) is 0 Å². The molecular formula is C73H122N4O52. The van der Waals surface area contributed by atoms with Gasteiger partial charge in [0.2, 0.25) is 23.6 Å². The Balaban J connectivity index is 0.967. The molecular weight excluding hydrogens is 1760 g/mol. The normalized spacial score (nSPS) is 48.1. The molecule has 10 aliphatic rings. The van der Waals surface area contributed by atoms with E-state index >= 15 is 0 Å². The summed E-state index contributed by atoms with van der Waals surface area (Å²) in [5.41, 5.74) is 0. The first-order valence-corrected chi connectivity index (χ1v) is 41.4. The Morgan fingerprint density at radius 1 is 0.349 bits per heavy atom. The lowest BCUT2D eigenvalue weighted by Crippen LogP contribution is -2.71. The largest absolute Gasteiger partial charge is 0.410 e. The Hall–Kier alpha value is -4.49. The molecule has 0 spiro atoms. The van der Waals surface area contributed by atoms with Crippen LogP contribution in [0.5, 0.6) is 0 Å². The molecule has 10 aliphatic heterocycles. The molecule has 10 rings (SSSR count). The molecule has 10 fully saturated rings. The standard InChI is InChI=1S/C73H122N4O52/c1-19-25(92)7-73(111-18-87,128-56(19)40(94)26(93)8-78)129-62-44(98)30(12-82)114-70(55(62)109)124-60-34(16-86)118-66(38(49(60)103)76-23(5)90)126-63-51(105)42(96)28(10-80)115-71(63)110-17-35-45(99)61(54(108)69(120-35)123-59-33(15-85)117-65(37(47(59)101)75-22(4)89)121-57-31(13-83)112-20(2)36(46(57)100)74-21(3)88)125-72-64(52(106)43(97)29(11-81)116-72)127-67-39(77-24(6)91)48(102)58(32(14-84)119-67)122-68-53(107)50(104)41(95)27(9-79)113-68/h18-20,25-72,78-86,92-109H,7-17H2,1-6H3,(H,74,88)(H,75,89)(H,76,90)(H,77,91)/t19-,20+,25+,26+,27?,28?,29?,30?,31?,32?,33?,34-,35?,36?,37?,38?,39?,40-,41+,42+,43+,44+,45+,46-,47-,48-,49?,50+,51+,52?,53?,54?,55?,56?,57+,58+,59+,60-,61+,62+,63?,64?,65+,66-,67+,68+,69+,70+,71-,72+,73+/m1/s1. The second-order valence-corrected chi connectivity index (χ2v) is 32.9. The lowest BCUT2D eigenvalue weighted by Gasteiger charge is -2.51. The van der Waals surface area contributed by atoms with Crippen molar-refractivity contribution in [3.05, 3.63) is 0 Å². The van der Waals surface area contributed by atoms with E-state index in [0.717, 1.165) is 27.7 Å². The first-order chi connectivity index (χ1) is 61.0. The molecule has 20 unspecified atom stereocenters. The Labute approximate surface area is 732 Å². The lowest BCUT2D eigenvalue weighted by molar-refractivity contribution is -0.448. The number of ether oxygens (including phenoxy) is 20. The number of hydrogen-bond donors (Lipinski definition) is 31. The molecule has 56 heteroatoms. The highest BCUT2D eigenvalue weighted by Crippen LogP contribution is 2.44. The van der Waals surface area contributed by atoms with E-state index in [9.17, 15) is 162 Å². The summed E-state index contributed by atoms with van der Waals surface area (Å²) in [5, 5.41) is 313. The number of carbonyl (C=O) groups is 5. The minimum atomic E-state index is -2.88. The van der Waals surface area contributed by atoms with Gasteiger partial charge in [0.25, 0.3) is 6.47 Å². The molecule has 31 N–H and O–H groups in total. The van der Waals surface area contributed by atoms with Crippen molar-refractivity contribution < 1.29 is 257 Å². The van der Waals surface area contributed by atoms with Gasteiger partial charge in [-0.05, 0) is 6.92 Å². The minimum Gasteiger partial charge on any atom is -0.410 e. The van der Waals surface area contributed by atoms with Crippen molar-refractivity contribution in [3.63, 3.8) is 0 Å². The molecule has 51 atom stereocenters. The smallest absolute Gasteiger partial charge is 0.332 e. The van der Waals surface area contributed by atoms with Crippen molar-refractivity contribution in [2.24, 2.45) is 5.92 Å². The van der Waals surface area contributed by atoms with E-state index in [2.05, 4.69) is 21.3 Å². The molecule has 0 aromatic carbocycles. The quantitative estimate of drug-likeness (QED) is 0.0205. The molecule has 0 aromatic heterocycles. The topological polar surface area (TPSA) is 864 Å². The monoisotopic (exact) mass is 1890 g/mol. The Kier molecular flexibility index (Phi) is 38.5. The third-order valence-electron chi connectivity index (χ3n) is 24.0. The number of amides is 4. The molecule has 4 amide bonds. The Morgan fingerprint density at radius 3 is 1.08 bits per heavy atom. The maximum absolute atomic E-state index is 13.2. The minimum absolute atomic E-state index is 0.254. The van der Waals surface area contributed by atoms with E-state index < -0.39 is 408 Å². The van der Waals surface area contributed by atoms with Crippen LogP contribution in [0.4, 0.5) is 0 Å². The number of aliphatic hydroxyl groups excluding tert-OH is 27. The molecule has 129 heavy (non-hydrogen) atoms. The van der Waals surface area contributed by atoms with Gasteiger partial charge in [0.1, 0.15) is 226 Å². The van der Waals surface area contributed by atoms with Crippen LogP contribution in [0.1, 0.15) is 48.0 Å². The van der Waals surface area contributed by atoms with Gasteiger partial charge in [-0.3, -0.25) is 24.0 Å². The predicted molar refractivity (Wildman–Crippen MR) is 399 cm³/mol. The molecule has 0 radical (unpaired) electrons. The second-order valence-electron chi connectivity index (χ2n) is 32.9. The molecule has 0 aromatic rings. The van der Waals surface area contributed by atoms with Crippen molar-refractivity contribution in [1.29, 1.82) is 0 Å². The van der Waals surface area contributed by atoms with Crippen molar-refractivity contribution in [1.82, 2.24) is 21.3 Å². The Morgan fingerprint density at radius 2 is 0.667 bits per heavy atom. The number of rotatable bonds is 36. The zero-order valence-electron chi connectivity index (χ0n) is 70.0. The van der Waals surface area contributed by atoms with E-state index in [-0.39, 0.29) is 6.47 Å². The third-order valence-corrected chi connectivity index (χ3v) is 24.0. The van der Waals surface area contributed by atoms with E-state index in [1.807, 2.05) is 0 Å². The summed E-state index contributed by atoms with van der Waals surface area (Å²) >= 11 is 0. The van der Waals surface area contributed by atoms with E-state index in [4.69, 9.17) is 94.7 Å². The van der Waals surface area contributed by atoms with Crippen molar-refractivity contribution >= 4 is 30.1 Å². The van der Waals surface area contributed by atoms with Gasteiger partial charge in [0.05, 0.1) is 96.8 Å². The maximum Gasteiger partial charge on any atom is 0.332 e. The first kappa shape index (κ1) is 107. The van der Waals surface area contributed by atoms with Crippen LogP contribution < -0.4 is 21.3 Å². The van der Waals surface area contributed by atoms with Crippen LogP contribution in [0, 0.1) is 5.92 Å². The summed E-state index contributed by atoms with van der Waals surface area (Å²) in [6.07, 6.45) is -94.7. The predicted octanol–water partition coefficient (Wildman–Crippen LogP) is -20.6. The number of nitrogens with one attached hydrogen (secondary N) is 4. The molecule has 0 bridgehead atoms. The zero-order chi connectivity index (χ0) is 95.1. The highest BCUT2D eigenvalue weighted by Gasteiger charge is 2.63. The lowest BCUT2D eigenvalue weighted by atomic mass is 9.87. The van der Waals surface area contributed by atoms with Crippen LogP contribution in [0.25, 0.3) is 0 Å². The van der Waals surface area contributed by atoms with E-state index in [1.54, 1.807) is 0 Å². The van der Waals surface area contributed by atoms with Crippen molar-refractivity contribution in [2.45, 2.75) is 354 Å². The van der Waals surface area contributed by atoms with Gasteiger partial charge in [-0.15, -0.1) is 0 Å². The molecule has 0 saturated carbocycles. The SMILES string of the molecule is CC(=O)NC1C(O)[C@H](O[C@@H]2OC(CO)[C@H](O)[C@H](O[C@]3(OC=O)C[C@H](O)[C@@H](C)C([C@H](O)[C@@H](O)CO)O3)C2O)[C@@H](CO)O[C@@H]1OC1[C@H](OCC2O[C@@H](O[C@H]3C(CO)O[C@@H](O[C@H]4C(CO)O[C@@H](C)C(NC(C)=O)[C@H]4O)C(NC(C)=O)[C@H]3O)C(O)[C@@H](O[C@@H]3OC(CO)[C@H](O)C(O)C3O[C@@H]3OC(CO)[C@H](O[C@@H]4OC(CO)[C@H](O)[C@H](O)C4O)[C@H](O)C3NC(C)=O)[C@H]2O)OC(CO)[C@H](O)[C@@H]1O. The molecule has 746 valence electrons. The summed E-state index contributed by atoms with van der Waals surface area (Å²) < 4.78 is 119. The third kappa shape index (κ3) is 23.7. The summed E-state index contributed by atoms with van der Waals surface area (Å²) in [6, 6.07) is -7.16. The summed E-state index contributed by atoms with van der Waals surface area (Å²) in [6.45, 7) is -4.83. The number of hydrogen-bond acceptors (Lipinski definition) is 52. The van der Waals surface area contributed by atoms with Crippen LogP contribution in [-0.4, -0.2) is 540 Å². The van der Waals surface area contributed by atoms with Crippen LogP contribution in [0.15, 0.2) is 0 Å². The fourth-order valence-corrected chi connectivity index (χ4v) is 17.0. The van der Waals surface area contributed by atoms with Crippen molar-refractivity contribution in [3.8, 4) is 0 Å². The number of aliphatic hydroxyl groups is 27. The fourth-order valence-electron chi connectivity index (χ4n) is 17.0. The van der Waals surface area contributed by atoms with Crippen molar-refractivity contribution in [2.75, 3.05) is 66.1 Å². The van der Waals surface area contributed by atoms with Crippen LogP contribution in [0.3, 0.4) is 0 Å². The Bertz CT molecular complexity index is 3520. The number of carbonyl (C=O) groups excluding carboxylic acids is 5. The van der Waals surface area contributed by atoms with Gasteiger partial charge < -0.3 is 254 Å². The fraction of sp³-hybridized carbons (Fsp3) is 0.932. The summed E-state index contributed by atoms with van der Waals surface area (Å²) in [5.74, 6) is -7.56. The van der Waals surface area contributed by atoms with Gasteiger partial charge >= 0.3 is 5.97 Å².